The summed E-state index contributed by atoms with van der Waals surface area (Å²) in [6.07, 6.45) is 2.16. The lowest BCUT2D eigenvalue weighted by atomic mass is 10.0. The number of fused-ring (bicyclic) bond motifs is 1. The van der Waals surface area contributed by atoms with Gasteiger partial charge in [-0.15, -0.1) is 0 Å². The van der Waals surface area contributed by atoms with Crippen LogP contribution >= 0.6 is 0 Å². The van der Waals surface area contributed by atoms with Gasteiger partial charge >= 0.3 is 0 Å². The lowest BCUT2D eigenvalue weighted by Crippen LogP contribution is -2.48. The van der Waals surface area contributed by atoms with E-state index in [1.54, 1.807) is 18.3 Å². The summed E-state index contributed by atoms with van der Waals surface area (Å²) in [5, 5.41) is 20.9. The molecule has 1 saturated heterocycles. The van der Waals surface area contributed by atoms with E-state index in [2.05, 4.69) is 15.5 Å². The van der Waals surface area contributed by atoms with Gasteiger partial charge in [0.25, 0.3) is 0 Å². The first kappa shape index (κ1) is 15.7. The van der Waals surface area contributed by atoms with E-state index in [-0.39, 0.29) is 17.7 Å². The van der Waals surface area contributed by atoms with Crippen molar-refractivity contribution in [2.75, 3.05) is 19.6 Å². The number of aromatic nitrogens is 2. The highest BCUT2D eigenvalue weighted by molar-refractivity contribution is 5.83. The molecule has 128 valence electrons. The van der Waals surface area contributed by atoms with Crippen molar-refractivity contribution in [2.24, 2.45) is 0 Å². The highest BCUT2D eigenvalue weighted by Gasteiger charge is 2.24. The second kappa shape index (κ2) is 6.57. The van der Waals surface area contributed by atoms with Gasteiger partial charge in [0.05, 0.1) is 18.1 Å². The third-order valence-corrected chi connectivity index (χ3v) is 4.69. The Morgan fingerprint density at radius 2 is 2.08 bits per heavy atom. The summed E-state index contributed by atoms with van der Waals surface area (Å²) in [5.74, 6) is 0.380. The number of hydrogen-bond acceptors (Lipinski definition) is 4. The van der Waals surface area contributed by atoms with Gasteiger partial charge in [-0.05, 0) is 29.3 Å². The molecule has 0 saturated carbocycles. The van der Waals surface area contributed by atoms with Crippen molar-refractivity contribution >= 4 is 16.8 Å². The van der Waals surface area contributed by atoms with Crippen LogP contribution in [0.1, 0.15) is 17.2 Å². The Kier molecular flexibility index (Phi) is 4.11. The second-order valence-electron chi connectivity index (χ2n) is 6.41. The molecular weight excluding hydrogens is 316 g/mol. The van der Waals surface area contributed by atoms with Crippen molar-refractivity contribution in [2.45, 2.75) is 12.5 Å². The smallest absolute Gasteiger partial charge is 0.227 e. The fourth-order valence-electron chi connectivity index (χ4n) is 3.29. The number of benzene rings is 2. The summed E-state index contributed by atoms with van der Waals surface area (Å²) in [4.78, 5) is 14.6. The monoisotopic (exact) mass is 336 g/mol. The Hall–Kier alpha value is -2.86. The zero-order chi connectivity index (χ0) is 17.2. The lowest BCUT2D eigenvalue weighted by Gasteiger charge is -2.34. The maximum Gasteiger partial charge on any atom is 0.227 e. The van der Waals surface area contributed by atoms with Crippen molar-refractivity contribution in [1.82, 2.24) is 20.4 Å². The predicted molar refractivity (Wildman–Crippen MR) is 95.2 cm³/mol. The van der Waals surface area contributed by atoms with Crippen molar-refractivity contribution < 1.29 is 9.90 Å². The first-order chi connectivity index (χ1) is 12.2. The molecule has 1 atom stereocenters. The van der Waals surface area contributed by atoms with Gasteiger partial charge in [-0.3, -0.25) is 9.89 Å². The molecule has 1 amide bonds. The summed E-state index contributed by atoms with van der Waals surface area (Å²) < 4.78 is 0. The van der Waals surface area contributed by atoms with Gasteiger partial charge in [0.2, 0.25) is 5.91 Å². The number of carbonyl (C=O) groups excluding carboxylic acids is 1. The van der Waals surface area contributed by atoms with Crippen molar-refractivity contribution in [3.8, 4) is 5.75 Å². The topological polar surface area (TPSA) is 81.2 Å². The molecule has 1 aliphatic rings. The molecule has 2 heterocycles. The van der Waals surface area contributed by atoms with E-state index in [0.29, 0.717) is 19.5 Å². The standard InChI is InChI=1S/C19H20N4O2/c24-16-5-3-14(4-6-16)18-12-23(8-7-20-18)19(25)10-13-1-2-15-11-21-22-17(15)9-13/h1-6,9,11,18,20,24H,7-8,10,12H2,(H,21,22). The molecule has 1 unspecified atom stereocenters. The molecule has 3 N–H and O–H groups in total. The Labute approximate surface area is 145 Å². The molecule has 0 bridgehead atoms. The van der Waals surface area contributed by atoms with E-state index >= 15 is 0 Å². The van der Waals surface area contributed by atoms with Crippen LogP contribution in [0.3, 0.4) is 0 Å². The normalized spacial score (nSPS) is 17.8. The number of H-pyrrole nitrogens is 1. The molecule has 6 heteroatoms. The summed E-state index contributed by atoms with van der Waals surface area (Å²) in [6.45, 7) is 2.10. The fourth-order valence-corrected chi connectivity index (χ4v) is 3.29. The van der Waals surface area contributed by atoms with E-state index in [9.17, 15) is 9.90 Å². The quantitative estimate of drug-likeness (QED) is 0.683. The van der Waals surface area contributed by atoms with Crippen LogP contribution in [0.25, 0.3) is 10.9 Å². The van der Waals surface area contributed by atoms with Crippen LogP contribution in [0.4, 0.5) is 0 Å². The number of aromatic amines is 1. The minimum absolute atomic E-state index is 0.0911. The van der Waals surface area contributed by atoms with E-state index in [1.807, 2.05) is 35.2 Å². The number of nitrogens with zero attached hydrogens (tertiary/aromatic N) is 2. The van der Waals surface area contributed by atoms with Crippen LogP contribution in [0.2, 0.25) is 0 Å². The number of rotatable bonds is 3. The molecule has 6 nitrogen and oxygen atoms in total. The second-order valence-corrected chi connectivity index (χ2v) is 6.41. The molecule has 0 radical (unpaired) electrons. The number of phenolic OH excluding ortho intramolecular Hbond substituents is 1. The zero-order valence-electron chi connectivity index (χ0n) is 13.8. The van der Waals surface area contributed by atoms with E-state index < -0.39 is 0 Å². The predicted octanol–water partition coefficient (Wildman–Crippen LogP) is 1.98. The minimum Gasteiger partial charge on any atom is -0.508 e. The number of piperazine rings is 1. The summed E-state index contributed by atoms with van der Waals surface area (Å²) in [6, 6.07) is 13.2. The van der Waals surface area contributed by atoms with E-state index in [1.165, 1.54) is 0 Å². The van der Waals surface area contributed by atoms with Crippen molar-refractivity contribution in [3.63, 3.8) is 0 Å². The van der Waals surface area contributed by atoms with Gasteiger partial charge in [0.1, 0.15) is 5.75 Å². The Balaban J connectivity index is 1.45. The van der Waals surface area contributed by atoms with E-state index in [0.717, 1.165) is 28.6 Å². The first-order valence-electron chi connectivity index (χ1n) is 8.41. The number of amides is 1. The van der Waals surface area contributed by atoms with E-state index in [4.69, 9.17) is 0 Å². The summed E-state index contributed by atoms with van der Waals surface area (Å²) in [5.41, 5.74) is 3.02. The minimum atomic E-state index is 0.0911. The number of nitrogens with one attached hydrogen (secondary N) is 2. The van der Waals surface area contributed by atoms with Crippen LogP contribution in [0.15, 0.2) is 48.7 Å². The van der Waals surface area contributed by atoms with Gasteiger partial charge in [-0.2, -0.15) is 5.10 Å². The number of aromatic hydroxyl groups is 1. The fraction of sp³-hybridized carbons (Fsp3) is 0.263. The van der Waals surface area contributed by atoms with Crippen LogP contribution < -0.4 is 5.32 Å². The SMILES string of the molecule is O=C(Cc1ccc2cn[nH]c2c1)N1CCNC(c2ccc(O)cc2)C1. The lowest BCUT2D eigenvalue weighted by molar-refractivity contribution is -0.131. The van der Waals surface area contributed by atoms with Gasteiger partial charge in [-0.1, -0.05) is 24.3 Å². The average molecular weight is 336 g/mol. The Bertz CT molecular complexity index is 888. The molecule has 0 spiro atoms. The first-order valence-corrected chi connectivity index (χ1v) is 8.41. The van der Waals surface area contributed by atoms with Gasteiger partial charge in [-0.25, -0.2) is 0 Å². The Morgan fingerprint density at radius 1 is 1.24 bits per heavy atom. The average Bonchev–Trinajstić information content (AvgIpc) is 3.10. The number of phenols is 1. The molecule has 1 fully saturated rings. The summed E-state index contributed by atoms with van der Waals surface area (Å²) >= 11 is 0. The maximum absolute atomic E-state index is 12.7. The molecule has 3 aromatic rings. The third-order valence-electron chi connectivity index (χ3n) is 4.69. The van der Waals surface area contributed by atoms with Crippen LogP contribution in [0, 0.1) is 0 Å². The number of carbonyl (C=O) groups is 1. The highest BCUT2D eigenvalue weighted by atomic mass is 16.3. The molecule has 2 aromatic carbocycles. The summed E-state index contributed by atoms with van der Waals surface area (Å²) in [7, 11) is 0. The largest absolute Gasteiger partial charge is 0.508 e. The highest BCUT2D eigenvalue weighted by Crippen LogP contribution is 2.21. The van der Waals surface area contributed by atoms with Crippen molar-refractivity contribution in [3.05, 3.63) is 59.8 Å². The maximum atomic E-state index is 12.7. The molecule has 0 aliphatic carbocycles. The van der Waals surface area contributed by atoms with Crippen LogP contribution in [-0.4, -0.2) is 45.7 Å². The van der Waals surface area contributed by atoms with Gasteiger partial charge < -0.3 is 15.3 Å². The zero-order valence-corrected chi connectivity index (χ0v) is 13.8. The van der Waals surface area contributed by atoms with Crippen LogP contribution in [0.5, 0.6) is 5.75 Å². The van der Waals surface area contributed by atoms with Crippen LogP contribution in [-0.2, 0) is 11.2 Å². The molecule has 25 heavy (non-hydrogen) atoms. The molecular formula is C19H20N4O2. The van der Waals surface area contributed by atoms with Crippen molar-refractivity contribution in [1.29, 1.82) is 0 Å². The molecule has 4 rings (SSSR count). The third kappa shape index (κ3) is 3.34. The molecule has 1 aliphatic heterocycles. The molecule has 1 aromatic heterocycles. The Morgan fingerprint density at radius 3 is 2.92 bits per heavy atom. The van der Waals surface area contributed by atoms with Gasteiger partial charge in [0, 0.05) is 31.1 Å². The van der Waals surface area contributed by atoms with Gasteiger partial charge in [0.15, 0.2) is 0 Å². The number of hydrogen-bond donors (Lipinski definition) is 3.